The first-order chi connectivity index (χ1) is 12.5. The third-order valence-electron chi connectivity index (χ3n) is 4.61. The SMILES string of the molecule is CCc1ccc(CN(C)C(=O)COc2ccc3c(c2)CCC(=O)N3)cc1. The predicted molar refractivity (Wildman–Crippen MR) is 101 cm³/mol. The lowest BCUT2D eigenvalue weighted by molar-refractivity contribution is -0.132. The lowest BCUT2D eigenvalue weighted by atomic mass is 10.0. The molecule has 5 heteroatoms. The van der Waals surface area contributed by atoms with Crippen molar-refractivity contribution < 1.29 is 14.3 Å². The molecule has 2 amide bonds. The van der Waals surface area contributed by atoms with Gasteiger partial charge in [-0.25, -0.2) is 0 Å². The zero-order valence-corrected chi connectivity index (χ0v) is 15.2. The van der Waals surface area contributed by atoms with Crippen molar-refractivity contribution in [3.8, 4) is 5.75 Å². The number of ether oxygens (including phenoxy) is 1. The highest BCUT2D eigenvalue weighted by atomic mass is 16.5. The average molecular weight is 352 g/mol. The van der Waals surface area contributed by atoms with Crippen LogP contribution in [0.5, 0.6) is 5.75 Å². The van der Waals surface area contributed by atoms with Crippen molar-refractivity contribution in [2.45, 2.75) is 32.7 Å². The Morgan fingerprint density at radius 1 is 1.12 bits per heavy atom. The van der Waals surface area contributed by atoms with Crippen LogP contribution in [-0.4, -0.2) is 30.4 Å². The fourth-order valence-corrected chi connectivity index (χ4v) is 2.95. The van der Waals surface area contributed by atoms with Gasteiger partial charge in [-0.2, -0.15) is 0 Å². The van der Waals surface area contributed by atoms with Crippen molar-refractivity contribution >= 4 is 17.5 Å². The Hall–Kier alpha value is -2.82. The van der Waals surface area contributed by atoms with E-state index in [9.17, 15) is 9.59 Å². The molecule has 26 heavy (non-hydrogen) atoms. The van der Waals surface area contributed by atoms with E-state index in [1.807, 2.05) is 12.1 Å². The first kappa shape index (κ1) is 18.0. The van der Waals surface area contributed by atoms with Gasteiger partial charge in [0.2, 0.25) is 5.91 Å². The van der Waals surface area contributed by atoms with Gasteiger partial charge in [0, 0.05) is 25.7 Å². The number of anilines is 1. The molecule has 0 aliphatic carbocycles. The minimum atomic E-state index is -0.0735. The molecule has 1 aliphatic heterocycles. The molecule has 0 unspecified atom stereocenters. The quantitative estimate of drug-likeness (QED) is 0.869. The first-order valence-electron chi connectivity index (χ1n) is 8.92. The smallest absolute Gasteiger partial charge is 0.260 e. The minimum absolute atomic E-state index is 0.00527. The van der Waals surface area contributed by atoms with E-state index in [2.05, 4.69) is 36.5 Å². The second-order valence-electron chi connectivity index (χ2n) is 6.58. The van der Waals surface area contributed by atoms with E-state index < -0.39 is 0 Å². The molecule has 0 bridgehead atoms. The lowest BCUT2D eigenvalue weighted by Gasteiger charge is -2.19. The van der Waals surface area contributed by atoms with Gasteiger partial charge in [-0.15, -0.1) is 0 Å². The molecule has 0 spiro atoms. The van der Waals surface area contributed by atoms with Gasteiger partial charge in [0.05, 0.1) is 0 Å². The van der Waals surface area contributed by atoms with E-state index >= 15 is 0 Å². The number of nitrogens with one attached hydrogen (secondary N) is 1. The monoisotopic (exact) mass is 352 g/mol. The Balaban J connectivity index is 1.53. The van der Waals surface area contributed by atoms with Gasteiger partial charge in [-0.3, -0.25) is 9.59 Å². The molecule has 3 rings (SSSR count). The zero-order chi connectivity index (χ0) is 18.5. The molecule has 0 saturated heterocycles. The van der Waals surface area contributed by atoms with E-state index in [1.54, 1.807) is 18.0 Å². The number of benzene rings is 2. The molecule has 1 aliphatic rings. The van der Waals surface area contributed by atoms with Gasteiger partial charge in [-0.1, -0.05) is 31.2 Å². The molecular weight excluding hydrogens is 328 g/mol. The molecule has 5 nitrogen and oxygen atoms in total. The number of carbonyl (C=O) groups excluding carboxylic acids is 2. The van der Waals surface area contributed by atoms with E-state index in [-0.39, 0.29) is 18.4 Å². The molecule has 0 aromatic heterocycles. The van der Waals surface area contributed by atoms with Gasteiger partial charge >= 0.3 is 0 Å². The van der Waals surface area contributed by atoms with E-state index in [0.29, 0.717) is 25.1 Å². The summed E-state index contributed by atoms with van der Waals surface area (Å²) in [5.41, 5.74) is 4.25. The third kappa shape index (κ3) is 4.42. The molecule has 136 valence electrons. The maximum Gasteiger partial charge on any atom is 0.260 e. The summed E-state index contributed by atoms with van der Waals surface area (Å²) in [6.45, 7) is 2.67. The molecular formula is C21H24N2O3. The summed E-state index contributed by atoms with van der Waals surface area (Å²) in [6.07, 6.45) is 2.18. The molecule has 0 radical (unpaired) electrons. The maximum absolute atomic E-state index is 12.3. The summed E-state index contributed by atoms with van der Waals surface area (Å²) in [7, 11) is 1.78. The van der Waals surface area contributed by atoms with Crippen LogP contribution in [0.4, 0.5) is 5.69 Å². The van der Waals surface area contributed by atoms with Crippen molar-refractivity contribution in [1.82, 2.24) is 4.90 Å². The van der Waals surface area contributed by atoms with Crippen molar-refractivity contribution in [2.75, 3.05) is 19.0 Å². The van der Waals surface area contributed by atoms with Crippen LogP contribution >= 0.6 is 0 Å². The van der Waals surface area contributed by atoms with Gasteiger partial charge in [0.15, 0.2) is 6.61 Å². The van der Waals surface area contributed by atoms with Gasteiger partial charge in [0.1, 0.15) is 5.75 Å². The Morgan fingerprint density at radius 2 is 1.85 bits per heavy atom. The summed E-state index contributed by atoms with van der Waals surface area (Å²) < 4.78 is 5.65. The maximum atomic E-state index is 12.3. The first-order valence-corrected chi connectivity index (χ1v) is 8.92. The van der Waals surface area contributed by atoms with Crippen LogP contribution in [0.15, 0.2) is 42.5 Å². The number of carbonyl (C=O) groups is 2. The summed E-state index contributed by atoms with van der Waals surface area (Å²) >= 11 is 0. The topological polar surface area (TPSA) is 58.6 Å². The Morgan fingerprint density at radius 3 is 2.58 bits per heavy atom. The number of fused-ring (bicyclic) bond motifs is 1. The van der Waals surface area contributed by atoms with Gasteiger partial charge < -0.3 is 15.0 Å². The standard InChI is InChI=1S/C21H24N2O3/c1-3-15-4-6-16(7-5-15)13-23(2)21(25)14-26-18-9-10-19-17(12-18)8-11-20(24)22-19/h4-7,9-10,12H,3,8,11,13-14H2,1-2H3,(H,22,24). The zero-order valence-electron chi connectivity index (χ0n) is 15.2. The second kappa shape index (κ2) is 8.04. The Kier molecular flexibility index (Phi) is 5.56. The highest BCUT2D eigenvalue weighted by Crippen LogP contribution is 2.26. The van der Waals surface area contributed by atoms with Crippen molar-refractivity contribution in [1.29, 1.82) is 0 Å². The normalized spacial score (nSPS) is 12.9. The van der Waals surface area contributed by atoms with E-state index in [1.165, 1.54) is 5.56 Å². The largest absolute Gasteiger partial charge is 0.484 e. The van der Waals surface area contributed by atoms with Crippen molar-refractivity contribution in [3.63, 3.8) is 0 Å². The van der Waals surface area contributed by atoms with Crippen molar-refractivity contribution in [3.05, 3.63) is 59.2 Å². The van der Waals surface area contributed by atoms with Crippen molar-refractivity contribution in [2.24, 2.45) is 0 Å². The molecule has 2 aromatic carbocycles. The summed E-state index contributed by atoms with van der Waals surface area (Å²) in [5.74, 6) is 0.611. The molecule has 2 aromatic rings. The fourth-order valence-electron chi connectivity index (χ4n) is 2.95. The van der Waals surface area contributed by atoms with Crippen LogP contribution in [-0.2, 0) is 29.0 Å². The van der Waals surface area contributed by atoms with Crippen LogP contribution in [0, 0.1) is 0 Å². The molecule has 0 atom stereocenters. The van der Waals surface area contributed by atoms with Crippen LogP contribution < -0.4 is 10.1 Å². The fraction of sp³-hybridized carbons (Fsp3) is 0.333. The van der Waals surface area contributed by atoms with Crippen LogP contribution in [0.2, 0.25) is 0 Å². The number of hydrogen-bond donors (Lipinski definition) is 1. The number of likely N-dealkylation sites (N-methyl/N-ethyl adjacent to an activating group) is 1. The number of nitrogens with zero attached hydrogens (tertiary/aromatic N) is 1. The average Bonchev–Trinajstić information content (AvgIpc) is 2.66. The van der Waals surface area contributed by atoms with Crippen LogP contribution in [0.1, 0.15) is 30.0 Å². The summed E-state index contributed by atoms with van der Waals surface area (Å²) in [5, 5.41) is 2.84. The predicted octanol–water partition coefficient (Wildman–Crippen LogP) is 3.17. The number of rotatable bonds is 6. The molecule has 0 fully saturated rings. The van der Waals surface area contributed by atoms with E-state index in [0.717, 1.165) is 23.2 Å². The van der Waals surface area contributed by atoms with Crippen LogP contribution in [0.25, 0.3) is 0 Å². The Labute approximate surface area is 154 Å². The van der Waals surface area contributed by atoms with Crippen LogP contribution in [0.3, 0.4) is 0 Å². The second-order valence-corrected chi connectivity index (χ2v) is 6.58. The molecule has 1 N–H and O–H groups in total. The van der Waals surface area contributed by atoms with Gasteiger partial charge in [0.25, 0.3) is 5.91 Å². The summed E-state index contributed by atoms with van der Waals surface area (Å²) in [4.78, 5) is 25.4. The number of amides is 2. The highest BCUT2D eigenvalue weighted by molar-refractivity contribution is 5.94. The molecule has 1 heterocycles. The minimum Gasteiger partial charge on any atom is -0.484 e. The number of aryl methyl sites for hydroxylation is 2. The van der Waals surface area contributed by atoms with Gasteiger partial charge in [-0.05, 0) is 47.7 Å². The third-order valence-corrected chi connectivity index (χ3v) is 4.61. The summed E-state index contributed by atoms with van der Waals surface area (Å²) in [6, 6.07) is 13.8. The van der Waals surface area contributed by atoms with E-state index in [4.69, 9.17) is 4.74 Å². The lowest BCUT2D eigenvalue weighted by Crippen LogP contribution is -2.31. The highest BCUT2D eigenvalue weighted by Gasteiger charge is 2.16. The number of hydrogen-bond acceptors (Lipinski definition) is 3. The molecule has 0 saturated carbocycles. The Bertz CT molecular complexity index is 799.